The summed E-state index contributed by atoms with van der Waals surface area (Å²) < 4.78 is 26.8. The van der Waals surface area contributed by atoms with E-state index in [2.05, 4.69) is 0 Å². The van der Waals surface area contributed by atoms with Crippen LogP contribution in [-0.4, -0.2) is 37.5 Å². The summed E-state index contributed by atoms with van der Waals surface area (Å²) in [6.07, 6.45) is 1.44. The van der Waals surface area contributed by atoms with E-state index in [4.69, 9.17) is 10.8 Å². The van der Waals surface area contributed by atoms with Gasteiger partial charge in [0.15, 0.2) is 0 Å². The van der Waals surface area contributed by atoms with E-state index in [9.17, 15) is 8.42 Å². The first kappa shape index (κ1) is 15.4. The summed E-state index contributed by atoms with van der Waals surface area (Å²) in [4.78, 5) is 0.358. The minimum Gasteiger partial charge on any atom is -0.396 e. The smallest absolute Gasteiger partial charge is 0.243 e. The van der Waals surface area contributed by atoms with Crippen molar-refractivity contribution in [3.8, 4) is 0 Å². The van der Waals surface area contributed by atoms with Crippen LogP contribution in [0, 0.1) is 12.8 Å². The summed E-state index contributed by atoms with van der Waals surface area (Å²) in [5.74, 6) is 0.224. The number of sulfonamides is 1. The van der Waals surface area contributed by atoms with Gasteiger partial charge in [-0.1, -0.05) is 12.1 Å². The van der Waals surface area contributed by atoms with Gasteiger partial charge in [-0.3, -0.25) is 0 Å². The largest absolute Gasteiger partial charge is 0.396 e. The number of benzene rings is 1. The van der Waals surface area contributed by atoms with Crippen LogP contribution in [0.1, 0.15) is 24.0 Å². The molecule has 2 rings (SSSR count). The van der Waals surface area contributed by atoms with Gasteiger partial charge in [-0.25, -0.2) is 8.42 Å². The molecule has 1 aromatic rings. The fourth-order valence-corrected chi connectivity index (χ4v) is 4.27. The van der Waals surface area contributed by atoms with E-state index in [0.29, 0.717) is 24.5 Å². The minimum absolute atomic E-state index is 0.137. The van der Waals surface area contributed by atoms with Crippen LogP contribution >= 0.6 is 0 Å². The van der Waals surface area contributed by atoms with Gasteiger partial charge in [-0.05, 0) is 42.9 Å². The van der Waals surface area contributed by atoms with Crippen molar-refractivity contribution >= 4 is 10.0 Å². The lowest BCUT2D eigenvalue weighted by molar-refractivity contribution is 0.170. The third-order valence-electron chi connectivity index (χ3n) is 3.92. The van der Waals surface area contributed by atoms with E-state index in [1.165, 1.54) is 4.31 Å². The van der Waals surface area contributed by atoms with Gasteiger partial charge in [-0.2, -0.15) is 4.31 Å². The molecule has 0 aromatic heterocycles. The van der Waals surface area contributed by atoms with E-state index in [-0.39, 0.29) is 12.5 Å². The highest BCUT2D eigenvalue weighted by Gasteiger charge is 2.30. The van der Waals surface area contributed by atoms with Crippen molar-refractivity contribution in [3.05, 3.63) is 29.3 Å². The fraction of sp³-hybridized carbons (Fsp3) is 0.571. The number of nitrogens with two attached hydrogens (primary N) is 1. The third-order valence-corrected chi connectivity index (χ3v) is 5.98. The van der Waals surface area contributed by atoms with E-state index in [1.807, 2.05) is 6.07 Å². The Morgan fingerprint density at radius 1 is 1.35 bits per heavy atom. The molecule has 1 saturated heterocycles. The zero-order valence-electron chi connectivity index (χ0n) is 11.7. The topological polar surface area (TPSA) is 83.6 Å². The molecule has 0 amide bonds. The average Bonchev–Trinajstić information content (AvgIpc) is 2.46. The predicted molar refractivity (Wildman–Crippen MR) is 77.6 cm³/mol. The molecule has 0 aliphatic carbocycles. The van der Waals surface area contributed by atoms with Gasteiger partial charge in [0.2, 0.25) is 10.0 Å². The Hall–Kier alpha value is -0.950. The summed E-state index contributed by atoms with van der Waals surface area (Å²) in [7, 11) is -3.44. The van der Waals surface area contributed by atoms with Crippen molar-refractivity contribution in [1.29, 1.82) is 0 Å². The summed E-state index contributed by atoms with van der Waals surface area (Å²) >= 11 is 0. The molecule has 1 fully saturated rings. The summed E-state index contributed by atoms with van der Waals surface area (Å²) in [6.45, 7) is 3.30. The maximum atomic E-state index is 12.6. The highest BCUT2D eigenvalue weighted by molar-refractivity contribution is 7.89. The molecule has 1 aliphatic rings. The second-order valence-electron chi connectivity index (χ2n) is 5.33. The van der Waals surface area contributed by atoms with E-state index >= 15 is 0 Å². The van der Waals surface area contributed by atoms with Crippen molar-refractivity contribution < 1.29 is 13.5 Å². The van der Waals surface area contributed by atoms with Crippen molar-refractivity contribution in [2.75, 3.05) is 19.7 Å². The van der Waals surface area contributed by atoms with Crippen LogP contribution in [-0.2, 0) is 16.6 Å². The van der Waals surface area contributed by atoms with Crippen LogP contribution in [0.4, 0.5) is 0 Å². The maximum absolute atomic E-state index is 12.6. The normalized spacial score (nSPS) is 18.4. The van der Waals surface area contributed by atoms with Crippen molar-refractivity contribution in [2.24, 2.45) is 11.7 Å². The first-order valence-corrected chi connectivity index (χ1v) is 8.33. The quantitative estimate of drug-likeness (QED) is 0.863. The molecule has 5 nitrogen and oxygen atoms in total. The molecule has 0 radical (unpaired) electrons. The first-order valence-electron chi connectivity index (χ1n) is 6.89. The monoisotopic (exact) mass is 298 g/mol. The molecule has 1 heterocycles. The van der Waals surface area contributed by atoms with Gasteiger partial charge in [0.05, 0.1) is 4.90 Å². The zero-order valence-corrected chi connectivity index (χ0v) is 12.6. The number of aliphatic hydroxyl groups is 1. The Labute approximate surface area is 120 Å². The highest BCUT2D eigenvalue weighted by atomic mass is 32.2. The highest BCUT2D eigenvalue weighted by Crippen LogP contribution is 2.25. The second kappa shape index (κ2) is 6.22. The number of nitrogens with zero attached hydrogens (tertiary/aromatic N) is 1. The molecule has 0 bridgehead atoms. The van der Waals surface area contributed by atoms with Crippen molar-refractivity contribution in [2.45, 2.75) is 31.2 Å². The lowest BCUT2D eigenvalue weighted by atomic mass is 10.00. The Bertz CT molecular complexity index is 564. The number of hydrogen-bond acceptors (Lipinski definition) is 4. The predicted octanol–water partition coefficient (Wildman–Crippen LogP) is 0.847. The van der Waals surface area contributed by atoms with Crippen LogP contribution in [0.2, 0.25) is 0 Å². The molecular formula is C14H22N2O3S. The molecule has 0 spiro atoms. The molecule has 0 saturated carbocycles. The Morgan fingerprint density at radius 2 is 2.00 bits per heavy atom. The minimum atomic E-state index is -3.44. The number of aliphatic hydroxyl groups excluding tert-OH is 1. The number of hydrogen-bond donors (Lipinski definition) is 2. The van der Waals surface area contributed by atoms with Crippen LogP contribution in [0.25, 0.3) is 0 Å². The van der Waals surface area contributed by atoms with Gasteiger partial charge in [-0.15, -0.1) is 0 Å². The molecule has 3 N–H and O–H groups in total. The molecule has 20 heavy (non-hydrogen) atoms. The third kappa shape index (κ3) is 3.03. The zero-order chi connectivity index (χ0) is 14.8. The Morgan fingerprint density at radius 3 is 2.50 bits per heavy atom. The number of aryl methyl sites for hydroxylation is 1. The van der Waals surface area contributed by atoms with E-state index in [1.54, 1.807) is 19.1 Å². The Kier molecular flexibility index (Phi) is 4.80. The van der Waals surface area contributed by atoms with E-state index < -0.39 is 10.0 Å². The van der Waals surface area contributed by atoms with Gasteiger partial charge < -0.3 is 10.8 Å². The van der Waals surface area contributed by atoms with Gasteiger partial charge in [0, 0.05) is 26.2 Å². The molecular weight excluding hydrogens is 276 g/mol. The summed E-state index contributed by atoms with van der Waals surface area (Å²) in [6, 6.07) is 5.23. The standard InChI is InChI=1S/C14H22N2O3S/c1-11-8-13(9-15)2-3-14(11)20(18,19)16-6-4-12(10-17)5-7-16/h2-3,8,12,17H,4-7,9-10,15H2,1H3. The molecule has 1 aliphatic heterocycles. The SMILES string of the molecule is Cc1cc(CN)ccc1S(=O)(=O)N1CCC(CO)CC1. The number of piperidine rings is 1. The summed E-state index contributed by atoms with van der Waals surface area (Å²) in [5, 5.41) is 9.12. The first-order chi connectivity index (χ1) is 9.48. The van der Waals surface area contributed by atoms with Crippen LogP contribution in [0.3, 0.4) is 0 Å². The molecule has 1 aromatic carbocycles. The van der Waals surface area contributed by atoms with Crippen LogP contribution in [0.5, 0.6) is 0 Å². The number of rotatable bonds is 4. The molecule has 0 unspecified atom stereocenters. The molecule has 112 valence electrons. The van der Waals surface area contributed by atoms with Crippen LogP contribution in [0.15, 0.2) is 23.1 Å². The maximum Gasteiger partial charge on any atom is 0.243 e. The van der Waals surface area contributed by atoms with Crippen molar-refractivity contribution in [3.63, 3.8) is 0 Å². The Balaban J connectivity index is 2.23. The molecule has 0 atom stereocenters. The van der Waals surface area contributed by atoms with Gasteiger partial charge in [0.1, 0.15) is 0 Å². The van der Waals surface area contributed by atoms with Gasteiger partial charge in [0.25, 0.3) is 0 Å². The second-order valence-corrected chi connectivity index (χ2v) is 7.24. The van der Waals surface area contributed by atoms with Crippen molar-refractivity contribution in [1.82, 2.24) is 4.31 Å². The summed E-state index contributed by atoms with van der Waals surface area (Å²) in [5.41, 5.74) is 7.23. The van der Waals surface area contributed by atoms with Crippen LogP contribution < -0.4 is 5.73 Å². The lowest BCUT2D eigenvalue weighted by Crippen LogP contribution is -2.39. The van der Waals surface area contributed by atoms with E-state index in [0.717, 1.165) is 24.0 Å². The molecule has 6 heteroatoms. The van der Waals surface area contributed by atoms with Gasteiger partial charge >= 0.3 is 0 Å². The lowest BCUT2D eigenvalue weighted by Gasteiger charge is -2.30. The fourth-order valence-electron chi connectivity index (χ4n) is 2.60. The average molecular weight is 298 g/mol.